The van der Waals surface area contributed by atoms with Crippen molar-refractivity contribution in [1.82, 2.24) is 20.1 Å². The highest BCUT2D eigenvalue weighted by Gasteiger charge is 2.29. The molecule has 0 atom stereocenters. The molecule has 120 valence electrons. The molecule has 2 aliphatic carbocycles. The van der Waals surface area contributed by atoms with Gasteiger partial charge in [-0.1, -0.05) is 23.4 Å². The number of carbonyl (C=O) groups excluding carboxylic acids is 1. The Morgan fingerprint density at radius 1 is 1.41 bits per heavy atom. The van der Waals surface area contributed by atoms with Gasteiger partial charge in [-0.3, -0.25) is 4.79 Å². The van der Waals surface area contributed by atoms with E-state index in [1.54, 1.807) is 0 Å². The first-order chi connectivity index (χ1) is 10.7. The van der Waals surface area contributed by atoms with E-state index in [4.69, 9.17) is 0 Å². The summed E-state index contributed by atoms with van der Waals surface area (Å²) in [5.74, 6) is 2.14. The van der Waals surface area contributed by atoms with Crippen LogP contribution in [0.15, 0.2) is 16.8 Å². The first-order valence-corrected chi connectivity index (χ1v) is 9.19. The maximum absolute atomic E-state index is 11.9. The number of hydrogen-bond acceptors (Lipinski definition) is 4. The predicted octanol–water partition coefficient (Wildman–Crippen LogP) is 2.79. The van der Waals surface area contributed by atoms with Crippen LogP contribution < -0.4 is 5.32 Å². The summed E-state index contributed by atoms with van der Waals surface area (Å²) >= 11 is 1.47. The second kappa shape index (κ2) is 7.31. The van der Waals surface area contributed by atoms with Crippen LogP contribution in [-0.2, 0) is 11.8 Å². The molecule has 0 radical (unpaired) electrons. The Morgan fingerprint density at radius 2 is 2.27 bits per heavy atom. The molecule has 1 N–H and O–H groups in total. The molecule has 1 saturated carbocycles. The number of nitrogens with zero attached hydrogens (tertiary/aromatic N) is 3. The van der Waals surface area contributed by atoms with Crippen LogP contribution >= 0.6 is 11.8 Å². The minimum Gasteiger partial charge on any atom is -0.355 e. The molecule has 0 saturated heterocycles. The summed E-state index contributed by atoms with van der Waals surface area (Å²) in [6.45, 7) is 0.747. The van der Waals surface area contributed by atoms with Crippen LogP contribution in [0.25, 0.3) is 0 Å². The topological polar surface area (TPSA) is 59.8 Å². The quantitative estimate of drug-likeness (QED) is 0.620. The van der Waals surface area contributed by atoms with Crippen molar-refractivity contribution in [2.24, 2.45) is 7.05 Å². The van der Waals surface area contributed by atoms with Gasteiger partial charge < -0.3 is 9.88 Å². The van der Waals surface area contributed by atoms with E-state index >= 15 is 0 Å². The third kappa shape index (κ3) is 4.12. The molecular weight excluding hydrogens is 296 g/mol. The monoisotopic (exact) mass is 320 g/mol. The number of nitrogens with one attached hydrogen (secondary N) is 1. The number of thioether (sulfide) groups is 1. The van der Waals surface area contributed by atoms with Crippen LogP contribution in [0, 0.1) is 0 Å². The Balaban J connectivity index is 1.37. The van der Waals surface area contributed by atoms with Crippen molar-refractivity contribution >= 4 is 17.7 Å². The fourth-order valence-electron chi connectivity index (χ4n) is 2.82. The highest BCUT2D eigenvalue weighted by Crippen LogP contribution is 2.39. The number of aromatic nitrogens is 3. The lowest BCUT2D eigenvalue weighted by Crippen LogP contribution is -2.26. The molecule has 1 amide bonds. The van der Waals surface area contributed by atoms with E-state index in [0.717, 1.165) is 23.9 Å². The second-order valence-corrected chi connectivity index (χ2v) is 7.11. The molecule has 1 aromatic rings. The van der Waals surface area contributed by atoms with Crippen molar-refractivity contribution in [3.63, 3.8) is 0 Å². The number of allylic oxidation sites excluding steroid dienone is 1. The van der Waals surface area contributed by atoms with Gasteiger partial charge >= 0.3 is 0 Å². The molecule has 0 unspecified atom stereocenters. The average molecular weight is 320 g/mol. The molecule has 2 aliphatic rings. The van der Waals surface area contributed by atoms with Crippen LogP contribution in [0.3, 0.4) is 0 Å². The van der Waals surface area contributed by atoms with Gasteiger partial charge in [0.05, 0.1) is 5.75 Å². The lowest BCUT2D eigenvalue weighted by atomic mass is 9.97. The first-order valence-electron chi connectivity index (χ1n) is 8.20. The molecule has 1 heterocycles. The summed E-state index contributed by atoms with van der Waals surface area (Å²) < 4.78 is 2.03. The van der Waals surface area contributed by atoms with Crippen LogP contribution in [0.4, 0.5) is 0 Å². The van der Waals surface area contributed by atoms with E-state index < -0.39 is 0 Å². The van der Waals surface area contributed by atoms with Gasteiger partial charge in [0.15, 0.2) is 5.16 Å². The Kier molecular flexibility index (Phi) is 5.18. The van der Waals surface area contributed by atoms with Crippen LogP contribution in [0.1, 0.15) is 56.7 Å². The zero-order valence-corrected chi connectivity index (χ0v) is 14.0. The Labute approximate surface area is 136 Å². The lowest BCUT2D eigenvalue weighted by Gasteiger charge is -2.12. The van der Waals surface area contributed by atoms with Crippen molar-refractivity contribution in [3.8, 4) is 0 Å². The predicted molar refractivity (Wildman–Crippen MR) is 87.9 cm³/mol. The van der Waals surface area contributed by atoms with Gasteiger partial charge in [-0.15, -0.1) is 10.2 Å². The fraction of sp³-hybridized carbons (Fsp3) is 0.688. The number of amides is 1. The maximum atomic E-state index is 11.9. The molecule has 0 aliphatic heterocycles. The van der Waals surface area contributed by atoms with Crippen molar-refractivity contribution in [2.75, 3.05) is 12.3 Å². The van der Waals surface area contributed by atoms with Crippen molar-refractivity contribution in [1.29, 1.82) is 0 Å². The molecule has 0 bridgehead atoms. The van der Waals surface area contributed by atoms with E-state index in [-0.39, 0.29) is 5.91 Å². The smallest absolute Gasteiger partial charge is 0.230 e. The van der Waals surface area contributed by atoms with Crippen LogP contribution in [0.2, 0.25) is 0 Å². The van der Waals surface area contributed by atoms with Gasteiger partial charge in [0, 0.05) is 19.5 Å². The third-order valence-corrected chi connectivity index (χ3v) is 5.32. The summed E-state index contributed by atoms with van der Waals surface area (Å²) in [4.78, 5) is 11.9. The van der Waals surface area contributed by atoms with E-state index in [0.29, 0.717) is 11.7 Å². The zero-order chi connectivity index (χ0) is 15.4. The van der Waals surface area contributed by atoms with Gasteiger partial charge in [0.25, 0.3) is 0 Å². The van der Waals surface area contributed by atoms with Crippen molar-refractivity contribution in [3.05, 3.63) is 17.5 Å². The van der Waals surface area contributed by atoms with Crippen LogP contribution in [0.5, 0.6) is 0 Å². The third-order valence-electron chi connectivity index (χ3n) is 4.30. The second-order valence-electron chi connectivity index (χ2n) is 6.17. The molecule has 5 nitrogen and oxygen atoms in total. The van der Waals surface area contributed by atoms with E-state index in [1.807, 2.05) is 11.6 Å². The molecule has 0 spiro atoms. The summed E-state index contributed by atoms with van der Waals surface area (Å²) in [5.41, 5.74) is 1.50. The van der Waals surface area contributed by atoms with E-state index in [1.165, 1.54) is 55.9 Å². The van der Waals surface area contributed by atoms with E-state index in [2.05, 4.69) is 21.6 Å². The maximum Gasteiger partial charge on any atom is 0.230 e. The molecule has 0 aromatic carbocycles. The van der Waals surface area contributed by atoms with Gasteiger partial charge in [-0.25, -0.2) is 0 Å². The Bertz CT molecular complexity index is 562. The first kappa shape index (κ1) is 15.6. The van der Waals surface area contributed by atoms with Crippen molar-refractivity contribution < 1.29 is 4.79 Å². The minimum absolute atomic E-state index is 0.0809. The van der Waals surface area contributed by atoms with Gasteiger partial charge in [0.2, 0.25) is 5.91 Å². The molecule has 1 aromatic heterocycles. The molecule has 1 fully saturated rings. The van der Waals surface area contributed by atoms with E-state index in [9.17, 15) is 4.79 Å². The molecule has 22 heavy (non-hydrogen) atoms. The minimum atomic E-state index is 0.0809. The summed E-state index contributed by atoms with van der Waals surface area (Å²) in [6.07, 6.45) is 10.8. The van der Waals surface area contributed by atoms with Gasteiger partial charge in [0.1, 0.15) is 5.82 Å². The zero-order valence-electron chi connectivity index (χ0n) is 13.2. The lowest BCUT2D eigenvalue weighted by molar-refractivity contribution is -0.118. The summed E-state index contributed by atoms with van der Waals surface area (Å²) in [6, 6.07) is 0. The number of rotatable bonds is 7. The van der Waals surface area contributed by atoms with Crippen LogP contribution in [-0.4, -0.2) is 33.0 Å². The fourth-order valence-corrected chi connectivity index (χ4v) is 3.57. The summed E-state index contributed by atoms with van der Waals surface area (Å²) in [5, 5.41) is 12.3. The largest absolute Gasteiger partial charge is 0.355 e. The Hall–Kier alpha value is -1.30. The molecule has 3 rings (SSSR count). The highest BCUT2D eigenvalue weighted by atomic mass is 32.2. The van der Waals surface area contributed by atoms with Gasteiger partial charge in [-0.2, -0.15) is 0 Å². The SMILES string of the molecule is Cn1c(SCC(=O)NCCC2=CCCCC2)nnc1C1CC1. The molecule has 6 heteroatoms. The number of carbonyl (C=O) groups is 1. The average Bonchev–Trinajstić information content (AvgIpc) is 3.30. The molecular formula is C16H24N4OS. The Morgan fingerprint density at radius 3 is 3.00 bits per heavy atom. The normalized spacial score (nSPS) is 18.1. The standard InChI is InChI=1S/C16H24N4OS/c1-20-15(13-7-8-13)18-19-16(20)22-11-14(21)17-10-9-12-5-3-2-4-6-12/h5,13H,2-4,6-11H2,1H3,(H,17,21). The van der Waals surface area contributed by atoms with Gasteiger partial charge in [-0.05, 0) is 44.9 Å². The summed E-state index contributed by atoms with van der Waals surface area (Å²) in [7, 11) is 1.99. The van der Waals surface area contributed by atoms with Crippen molar-refractivity contribution in [2.45, 2.75) is 56.0 Å². The number of hydrogen-bond donors (Lipinski definition) is 1. The highest BCUT2D eigenvalue weighted by molar-refractivity contribution is 7.99.